The van der Waals surface area contributed by atoms with Crippen molar-refractivity contribution >= 4 is 28.4 Å². The summed E-state index contributed by atoms with van der Waals surface area (Å²) in [6.45, 7) is 0.343. The topological polar surface area (TPSA) is 42.0 Å². The quantitative estimate of drug-likeness (QED) is 0.744. The molecule has 0 atom stereocenters. The van der Waals surface area contributed by atoms with E-state index in [-0.39, 0.29) is 11.7 Å². The van der Waals surface area contributed by atoms with Crippen molar-refractivity contribution in [2.45, 2.75) is 6.54 Å². The van der Waals surface area contributed by atoms with E-state index >= 15 is 0 Å². The van der Waals surface area contributed by atoms with Gasteiger partial charge in [-0.1, -0.05) is 23.7 Å². The molecular weight excluding hydrogens is 303 g/mol. The van der Waals surface area contributed by atoms with Crippen LogP contribution in [-0.4, -0.2) is 10.9 Å². The van der Waals surface area contributed by atoms with Crippen molar-refractivity contribution in [1.29, 1.82) is 0 Å². The lowest BCUT2D eigenvalue weighted by atomic mass is 10.1. The highest BCUT2D eigenvalue weighted by Gasteiger charge is 2.07. The van der Waals surface area contributed by atoms with Crippen molar-refractivity contribution < 1.29 is 9.18 Å². The molecule has 0 spiro atoms. The molecule has 0 aliphatic carbocycles. The van der Waals surface area contributed by atoms with Crippen LogP contribution in [-0.2, 0) is 6.54 Å². The van der Waals surface area contributed by atoms with E-state index in [0.717, 1.165) is 16.5 Å². The molecule has 2 aromatic carbocycles. The maximum atomic E-state index is 12.8. The second-order valence-corrected chi connectivity index (χ2v) is 5.24. The van der Waals surface area contributed by atoms with Gasteiger partial charge in [0.1, 0.15) is 11.0 Å². The van der Waals surface area contributed by atoms with Crippen LogP contribution in [0, 0.1) is 5.82 Å². The highest BCUT2D eigenvalue weighted by atomic mass is 35.5. The number of hydrogen-bond donors (Lipinski definition) is 1. The molecule has 1 N–H and O–H groups in total. The van der Waals surface area contributed by atoms with Crippen molar-refractivity contribution in [1.82, 2.24) is 10.3 Å². The molecule has 0 aliphatic rings. The third kappa shape index (κ3) is 3.23. The predicted molar refractivity (Wildman–Crippen MR) is 84.3 cm³/mol. The Balaban J connectivity index is 1.74. The van der Waals surface area contributed by atoms with Gasteiger partial charge in [0, 0.05) is 17.5 Å². The lowest BCUT2D eigenvalue weighted by Crippen LogP contribution is -2.22. The molecule has 1 heterocycles. The van der Waals surface area contributed by atoms with Gasteiger partial charge >= 0.3 is 0 Å². The van der Waals surface area contributed by atoms with Gasteiger partial charge in [-0.3, -0.25) is 4.79 Å². The van der Waals surface area contributed by atoms with E-state index in [4.69, 9.17) is 11.6 Å². The maximum absolute atomic E-state index is 12.8. The van der Waals surface area contributed by atoms with Gasteiger partial charge in [0.05, 0.1) is 5.52 Å². The molecule has 5 heteroatoms. The summed E-state index contributed by atoms with van der Waals surface area (Å²) in [5.41, 5.74) is 2.12. The van der Waals surface area contributed by atoms with Gasteiger partial charge in [0.15, 0.2) is 0 Å². The van der Waals surface area contributed by atoms with Crippen LogP contribution in [0.15, 0.2) is 54.6 Å². The van der Waals surface area contributed by atoms with Gasteiger partial charge in [-0.25, -0.2) is 9.37 Å². The van der Waals surface area contributed by atoms with Gasteiger partial charge in [-0.05, 0) is 48.0 Å². The van der Waals surface area contributed by atoms with Crippen molar-refractivity contribution in [2.24, 2.45) is 0 Å². The zero-order chi connectivity index (χ0) is 15.5. The monoisotopic (exact) mass is 314 g/mol. The number of pyridine rings is 1. The fourth-order valence-electron chi connectivity index (χ4n) is 2.13. The molecule has 0 saturated carbocycles. The number of carbonyl (C=O) groups is 1. The predicted octanol–water partition coefficient (Wildman–Crippen LogP) is 3.96. The first kappa shape index (κ1) is 14.5. The first-order valence-electron chi connectivity index (χ1n) is 6.71. The SMILES string of the molecule is O=C(NCc1ccc(F)cc1)c1ccc2nc(Cl)ccc2c1. The second-order valence-electron chi connectivity index (χ2n) is 4.85. The zero-order valence-corrected chi connectivity index (χ0v) is 12.3. The molecule has 3 rings (SSSR count). The minimum atomic E-state index is -0.296. The molecule has 3 aromatic rings. The van der Waals surface area contributed by atoms with Crippen LogP contribution >= 0.6 is 11.6 Å². The van der Waals surface area contributed by atoms with Crippen LogP contribution in [0.1, 0.15) is 15.9 Å². The molecular formula is C17H12ClFN2O. The van der Waals surface area contributed by atoms with Gasteiger partial charge in [-0.2, -0.15) is 0 Å². The van der Waals surface area contributed by atoms with Crippen LogP contribution < -0.4 is 5.32 Å². The Morgan fingerprint density at radius 2 is 1.86 bits per heavy atom. The lowest BCUT2D eigenvalue weighted by Gasteiger charge is -2.06. The average Bonchev–Trinajstić information content (AvgIpc) is 2.53. The summed E-state index contributed by atoms with van der Waals surface area (Å²) in [7, 11) is 0. The number of benzene rings is 2. The number of amides is 1. The number of carbonyl (C=O) groups excluding carboxylic acids is 1. The van der Waals surface area contributed by atoms with Gasteiger partial charge in [0.25, 0.3) is 5.91 Å². The summed E-state index contributed by atoms with van der Waals surface area (Å²) < 4.78 is 12.8. The van der Waals surface area contributed by atoms with E-state index in [1.807, 2.05) is 6.07 Å². The van der Waals surface area contributed by atoms with Crippen LogP contribution in [0.3, 0.4) is 0 Å². The number of hydrogen-bond acceptors (Lipinski definition) is 2. The van der Waals surface area contributed by atoms with E-state index in [2.05, 4.69) is 10.3 Å². The molecule has 110 valence electrons. The van der Waals surface area contributed by atoms with Crippen molar-refractivity contribution in [3.05, 3.63) is 76.7 Å². The van der Waals surface area contributed by atoms with E-state index < -0.39 is 0 Å². The molecule has 1 aromatic heterocycles. The van der Waals surface area contributed by atoms with Crippen molar-refractivity contribution in [3.63, 3.8) is 0 Å². The van der Waals surface area contributed by atoms with Crippen LogP contribution in [0.25, 0.3) is 10.9 Å². The Kier molecular flexibility index (Phi) is 4.02. The maximum Gasteiger partial charge on any atom is 0.251 e. The Labute approximate surface area is 131 Å². The first-order chi connectivity index (χ1) is 10.6. The number of aromatic nitrogens is 1. The van der Waals surface area contributed by atoms with E-state index in [1.165, 1.54) is 12.1 Å². The largest absolute Gasteiger partial charge is 0.348 e. The summed E-state index contributed by atoms with van der Waals surface area (Å²) in [6, 6.07) is 14.7. The Bertz CT molecular complexity index is 834. The normalized spacial score (nSPS) is 10.6. The van der Waals surface area contributed by atoms with Gasteiger partial charge in [-0.15, -0.1) is 0 Å². The number of rotatable bonds is 3. The van der Waals surface area contributed by atoms with Crippen LogP contribution in [0.2, 0.25) is 5.15 Å². The third-order valence-corrected chi connectivity index (χ3v) is 3.49. The van der Waals surface area contributed by atoms with E-state index in [0.29, 0.717) is 17.3 Å². The molecule has 0 fully saturated rings. The number of nitrogens with one attached hydrogen (secondary N) is 1. The molecule has 0 bridgehead atoms. The summed E-state index contributed by atoms with van der Waals surface area (Å²) in [6.07, 6.45) is 0. The number of fused-ring (bicyclic) bond motifs is 1. The number of nitrogens with zero attached hydrogens (tertiary/aromatic N) is 1. The molecule has 0 saturated heterocycles. The second kappa shape index (κ2) is 6.12. The van der Waals surface area contributed by atoms with Crippen molar-refractivity contribution in [2.75, 3.05) is 0 Å². The van der Waals surface area contributed by atoms with E-state index in [9.17, 15) is 9.18 Å². The standard InChI is InChI=1S/C17H12ClFN2O/c18-16-8-4-12-9-13(3-7-15(12)21-16)17(22)20-10-11-1-5-14(19)6-2-11/h1-9H,10H2,(H,20,22). The fourth-order valence-corrected chi connectivity index (χ4v) is 2.28. The molecule has 1 amide bonds. The summed E-state index contributed by atoms with van der Waals surface area (Å²) in [5, 5.41) is 4.07. The Hall–Kier alpha value is -2.46. The highest BCUT2D eigenvalue weighted by Crippen LogP contribution is 2.17. The zero-order valence-electron chi connectivity index (χ0n) is 11.5. The summed E-state index contributed by atoms with van der Waals surface area (Å²) in [4.78, 5) is 16.3. The summed E-state index contributed by atoms with van der Waals surface area (Å²) in [5.74, 6) is -0.489. The van der Waals surface area contributed by atoms with Crippen LogP contribution in [0.5, 0.6) is 0 Å². The lowest BCUT2D eigenvalue weighted by molar-refractivity contribution is 0.0951. The van der Waals surface area contributed by atoms with Crippen LogP contribution in [0.4, 0.5) is 4.39 Å². The average molecular weight is 315 g/mol. The molecule has 22 heavy (non-hydrogen) atoms. The third-order valence-electron chi connectivity index (χ3n) is 3.28. The van der Waals surface area contributed by atoms with Crippen molar-refractivity contribution in [3.8, 4) is 0 Å². The molecule has 0 radical (unpaired) electrons. The summed E-state index contributed by atoms with van der Waals surface area (Å²) >= 11 is 5.83. The minimum absolute atomic E-state index is 0.193. The Morgan fingerprint density at radius 3 is 2.64 bits per heavy atom. The first-order valence-corrected chi connectivity index (χ1v) is 7.08. The number of halogens is 2. The Morgan fingerprint density at radius 1 is 1.09 bits per heavy atom. The minimum Gasteiger partial charge on any atom is -0.348 e. The van der Waals surface area contributed by atoms with Gasteiger partial charge < -0.3 is 5.32 Å². The smallest absolute Gasteiger partial charge is 0.251 e. The van der Waals surface area contributed by atoms with E-state index in [1.54, 1.807) is 36.4 Å². The molecule has 0 unspecified atom stereocenters. The molecule has 0 aliphatic heterocycles. The highest BCUT2D eigenvalue weighted by molar-refractivity contribution is 6.29. The van der Waals surface area contributed by atoms with Gasteiger partial charge in [0.2, 0.25) is 0 Å². The molecule has 3 nitrogen and oxygen atoms in total. The fraction of sp³-hybridized carbons (Fsp3) is 0.0588.